The first-order valence-electron chi connectivity index (χ1n) is 6.35. The molecule has 1 heterocycles. The molecule has 0 radical (unpaired) electrons. The summed E-state index contributed by atoms with van der Waals surface area (Å²) in [6, 6.07) is 13.3. The molecule has 0 aliphatic carbocycles. The highest BCUT2D eigenvalue weighted by Gasteiger charge is 2.23. The molecule has 0 fully saturated rings. The van der Waals surface area contributed by atoms with Crippen molar-refractivity contribution in [1.29, 1.82) is 0 Å². The Hall–Kier alpha value is -2.63. The van der Waals surface area contributed by atoms with E-state index in [0.29, 0.717) is 5.56 Å². The van der Waals surface area contributed by atoms with Gasteiger partial charge in [-0.05, 0) is 29.8 Å². The number of para-hydroxylation sites is 1. The average Bonchev–Trinajstić information content (AvgIpc) is 2.47. The van der Waals surface area contributed by atoms with Crippen molar-refractivity contribution < 1.29 is 18.3 Å². The van der Waals surface area contributed by atoms with Crippen LogP contribution in [0, 0.1) is 0 Å². The molecule has 0 saturated heterocycles. The Labute approximate surface area is 119 Å². The molecule has 0 spiro atoms. The number of benzene rings is 2. The Morgan fingerprint density at radius 3 is 2.43 bits per heavy atom. The summed E-state index contributed by atoms with van der Waals surface area (Å²) in [4.78, 5) is 12.0. The van der Waals surface area contributed by atoms with Crippen LogP contribution in [-0.2, 0) is 0 Å². The number of carbonyl (C=O) groups excluding carboxylic acids is 1. The average molecular weight is 290 g/mol. The minimum absolute atomic E-state index is 0.0799. The van der Waals surface area contributed by atoms with Crippen molar-refractivity contribution in [2.75, 3.05) is 5.32 Å². The number of fused-ring (bicyclic) bond motifs is 1. The molecule has 1 atom stereocenters. The largest absolute Gasteiger partial charge is 0.435 e. The Bertz CT molecular complexity index is 659. The van der Waals surface area contributed by atoms with Crippen molar-refractivity contribution in [3.05, 3.63) is 59.7 Å². The molecule has 3 rings (SSSR count). The summed E-state index contributed by atoms with van der Waals surface area (Å²) in [7, 11) is 0. The van der Waals surface area contributed by atoms with Crippen molar-refractivity contribution in [1.82, 2.24) is 5.32 Å². The normalized spacial score (nSPS) is 16.9. The number of ether oxygens (including phenoxy) is 1. The predicted molar refractivity (Wildman–Crippen MR) is 73.3 cm³/mol. The minimum Gasteiger partial charge on any atom is -0.435 e. The summed E-state index contributed by atoms with van der Waals surface area (Å²) in [6.07, 6.45) is -0.409. The molecule has 0 aromatic heterocycles. The van der Waals surface area contributed by atoms with Crippen LogP contribution in [-0.4, -0.2) is 12.5 Å². The first-order valence-corrected chi connectivity index (χ1v) is 6.35. The van der Waals surface area contributed by atoms with E-state index < -0.39 is 12.8 Å². The van der Waals surface area contributed by atoms with Gasteiger partial charge in [-0.25, -0.2) is 0 Å². The molecule has 2 aromatic rings. The van der Waals surface area contributed by atoms with Crippen molar-refractivity contribution in [3.63, 3.8) is 0 Å². The van der Waals surface area contributed by atoms with Crippen LogP contribution in [0.15, 0.2) is 48.5 Å². The number of hydrogen-bond donors (Lipinski definition) is 2. The molecule has 6 heteroatoms. The third-order valence-corrected chi connectivity index (χ3v) is 3.19. The lowest BCUT2D eigenvalue weighted by Crippen LogP contribution is -2.38. The van der Waals surface area contributed by atoms with Crippen molar-refractivity contribution in [2.24, 2.45) is 0 Å². The van der Waals surface area contributed by atoms with E-state index in [1.165, 1.54) is 12.1 Å². The quantitative estimate of drug-likeness (QED) is 0.913. The van der Waals surface area contributed by atoms with Crippen LogP contribution in [0.5, 0.6) is 5.75 Å². The fourth-order valence-electron chi connectivity index (χ4n) is 2.22. The highest BCUT2D eigenvalue weighted by Crippen LogP contribution is 2.27. The summed E-state index contributed by atoms with van der Waals surface area (Å²) in [5, 5.41) is 5.99. The number of hydrogen-bond acceptors (Lipinski definition) is 3. The van der Waals surface area contributed by atoms with Crippen LogP contribution in [0.1, 0.15) is 22.1 Å². The molecule has 21 heavy (non-hydrogen) atoms. The number of halogens is 2. The van der Waals surface area contributed by atoms with Crippen LogP contribution in [0.2, 0.25) is 0 Å². The Morgan fingerprint density at radius 2 is 1.71 bits per heavy atom. The number of rotatable bonds is 3. The SMILES string of the molecule is O=C1N[C@@H](c2ccc(OC(F)F)cc2)Nc2ccccc21. The molecule has 2 aromatic carbocycles. The topological polar surface area (TPSA) is 50.4 Å². The summed E-state index contributed by atoms with van der Waals surface area (Å²) < 4.78 is 28.5. The van der Waals surface area contributed by atoms with Gasteiger partial charge in [0.25, 0.3) is 5.91 Å². The molecule has 0 saturated carbocycles. The molecular weight excluding hydrogens is 278 g/mol. The number of nitrogens with one attached hydrogen (secondary N) is 2. The second-order valence-corrected chi connectivity index (χ2v) is 4.54. The Balaban J connectivity index is 1.81. The van der Waals surface area contributed by atoms with Gasteiger partial charge in [-0.2, -0.15) is 8.78 Å². The van der Waals surface area contributed by atoms with Crippen molar-refractivity contribution >= 4 is 11.6 Å². The van der Waals surface area contributed by atoms with Crippen LogP contribution >= 0.6 is 0 Å². The fourth-order valence-corrected chi connectivity index (χ4v) is 2.22. The second-order valence-electron chi connectivity index (χ2n) is 4.54. The third kappa shape index (κ3) is 2.79. The molecule has 1 aliphatic heterocycles. The third-order valence-electron chi connectivity index (χ3n) is 3.19. The molecule has 0 unspecified atom stereocenters. The number of carbonyl (C=O) groups is 1. The van der Waals surface area contributed by atoms with Crippen LogP contribution in [0.4, 0.5) is 14.5 Å². The summed E-state index contributed by atoms with van der Waals surface area (Å²) in [6.45, 7) is -2.85. The van der Waals surface area contributed by atoms with Crippen LogP contribution < -0.4 is 15.4 Å². The monoisotopic (exact) mass is 290 g/mol. The zero-order valence-electron chi connectivity index (χ0n) is 10.8. The molecule has 0 bridgehead atoms. The molecule has 108 valence electrons. The van der Waals surface area contributed by atoms with Gasteiger partial charge < -0.3 is 15.4 Å². The van der Waals surface area contributed by atoms with E-state index >= 15 is 0 Å². The van der Waals surface area contributed by atoms with E-state index in [1.54, 1.807) is 24.3 Å². The predicted octanol–water partition coefficient (Wildman–Crippen LogP) is 3.14. The first kappa shape index (κ1) is 13.4. The Kier molecular flexibility index (Phi) is 3.43. The van der Waals surface area contributed by atoms with E-state index in [2.05, 4.69) is 15.4 Å². The zero-order chi connectivity index (χ0) is 14.8. The molecule has 2 N–H and O–H groups in total. The van der Waals surface area contributed by atoms with Gasteiger partial charge in [0.1, 0.15) is 11.9 Å². The highest BCUT2D eigenvalue weighted by atomic mass is 19.3. The van der Waals surface area contributed by atoms with Gasteiger partial charge >= 0.3 is 6.61 Å². The molecule has 1 amide bonds. The maximum absolute atomic E-state index is 12.1. The smallest absolute Gasteiger partial charge is 0.387 e. The summed E-state index contributed by atoms with van der Waals surface area (Å²) in [5.41, 5.74) is 2.06. The van der Waals surface area contributed by atoms with E-state index in [4.69, 9.17) is 0 Å². The zero-order valence-corrected chi connectivity index (χ0v) is 10.8. The van der Waals surface area contributed by atoms with Gasteiger partial charge in [0.2, 0.25) is 0 Å². The first-order chi connectivity index (χ1) is 10.1. The maximum atomic E-state index is 12.1. The van der Waals surface area contributed by atoms with Crippen molar-refractivity contribution in [3.8, 4) is 5.75 Å². The number of alkyl halides is 2. The van der Waals surface area contributed by atoms with Crippen LogP contribution in [0.3, 0.4) is 0 Å². The standard InChI is InChI=1S/C15H12F2N2O2/c16-15(17)21-10-7-5-9(6-8-10)13-18-12-4-2-1-3-11(12)14(20)19-13/h1-8,13,15,18H,(H,19,20)/t13-/m0/s1. The number of amides is 1. The van der Waals surface area contributed by atoms with Gasteiger partial charge in [-0.3, -0.25) is 4.79 Å². The van der Waals surface area contributed by atoms with E-state index in [-0.39, 0.29) is 11.7 Å². The highest BCUT2D eigenvalue weighted by molar-refractivity contribution is 6.01. The van der Waals surface area contributed by atoms with E-state index in [1.807, 2.05) is 12.1 Å². The lowest BCUT2D eigenvalue weighted by atomic mass is 10.1. The molecular formula is C15H12F2N2O2. The lowest BCUT2D eigenvalue weighted by Gasteiger charge is -2.28. The van der Waals surface area contributed by atoms with Gasteiger partial charge in [0.15, 0.2) is 0 Å². The van der Waals surface area contributed by atoms with E-state index in [9.17, 15) is 13.6 Å². The van der Waals surface area contributed by atoms with Gasteiger partial charge in [-0.15, -0.1) is 0 Å². The minimum atomic E-state index is -2.85. The molecule has 4 nitrogen and oxygen atoms in total. The fraction of sp³-hybridized carbons (Fsp3) is 0.133. The maximum Gasteiger partial charge on any atom is 0.387 e. The Morgan fingerprint density at radius 1 is 1.00 bits per heavy atom. The van der Waals surface area contributed by atoms with Gasteiger partial charge in [0.05, 0.1) is 5.56 Å². The summed E-state index contributed by atoms with van der Waals surface area (Å²) in [5.74, 6) is -0.0986. The second kappa shape index (κ2) is 5.40. The van der Waals surface area contributed by atoms with Gasteiger partial charge in [0, 0.05) is 5.69 Å². The lowest BCUT2D eigenvalue weighted by molar-refractivity contribution is -0.0498. The molecule has 1 aliphatic rings. The number of anilines is 1. The van der Waals surface area contributed by atoms with Crippen molar-refractivity contribution in [2.45, 2.75) is 12.8 Å². The van der Waals surface area contributed by atoms with Gasteiger partial charge in [-0.1, -0.05) is 24.3 Å². The summed E-state index contributed by atoms with van der Waals surface area (Å²) >= 11 is 0. The van der Waals surface area contributed by atoms with E-state index in [0.717, 1.165) is 11.3 Å². The van der Waals surface area contributed by atoms with Crippen LogP contribution in [0.25, 0.3) is 0 Å².